The van der Waals surface area contributed by atoms with E-state index in [2.05, 4.69) is 22.5 Å². The summed E-state index contributed by atoms with van der Waals surface area (Å²) in [7, 11) is 0. The molecule has 1 aromatic rings. The molecule has 2 rings (SSSR count). The van der Waals surface area contributed by atoms with Gasteiger partial charge in [-0.15, -0.1) is 24.0 Å². The number of ether oxygens (including phenoxy) is 1. The lowest BCUT2D eigenvalue weighted by atomic mass is 10.0. The highest BCUT2D eigenvalue weighted by atomic mass is 127. The van der Waals surface area contributed by atoms with Crippen LogP contribution in [0.1, 0.15) is 32.3 Å². The largest absolute Gasteiger partial charge is 0.373 e. The smallest absolute Gasteiger partial charge is 0.191 e. The van der Waals surface area contributed by atoms with Crippen LogP contribution in [0.3, 0.4) is 0 Å². The molecule has 1 unspecified atom stereocenters. The Morgan fingerprint density at radius 3 is 2.86 bits per heavy atom. The summed E-state index contributed by atoms with van der Waals surface area (Å²) in [5, 5.41) is 6.51. The third kappa shape index (κ3) is 6.08. The van der Waals surface area contributed by atoms with Crippen molar-refractivity contribution in [1.29, 1.82) is 0 Å². The molecule has 2 N–H and O–H groups in total. The van der Waals surface area contributed by atoms with Crippen molar-refractivity contribution in [2.75, 3.05) is 19.7 Å². The normalized spacial score (nSPS) is 21.3. The summed E-state index contributed by atoms with van der Waals surface area (Å²) in [4.78, 5) is 4.49. The maximum atomic E-state index is 13.1. The number of guanidine groups is 1. The minimum Gasteiger partial charge on any atom is -0.373 e. The van der Waals surface area contributed by atoms with Crippen LogP contribution >= 0.6 is 24.0 Å². The van der Waals surface area contributed by atoms with E-state index in [1.807, 2.05) is 13.0 Å². The van der Waals surface area contributed by atoms with Crippen LogP contribution in [-0.4, -0.2) is 31.3 Å². The molecule has 124 valence electrons. The van der Waals surface area contributed by atoms with Gasteiger partial charge in [0.1, 0.15) is 5.82 Å². The number of hydrogen-bond acceptors (Lipinski definition) is 2. The third-order valence-electron chi connectivity index (χ3n) is 3.58. The molecule has 6 heteroatoms. The van der Waals surface area contributed by atoms with Gasteiger partial charge >= 0.3 is 0 Å². The molecule has 0 bridgehead atoms. The summed E-state index contributed by atoms with van der Waals surface area (Å²) in [6, 6.07) is 6.52. The molecule has 1 aliphatic rings. The van der Waals surface area contributed by atoms with Crippen LogP contribution in [0.2, 0.25) is 0 Å². The highest BCUT2D eigenvalue weighted by molar-refractivity contribution is 14.0. The second-order valence-electron chi connectivity index (χ2n) is 5.58. The summed E-state index contributed by atoms with van der Waals surface area (Å²) in [5.41, 5.74) is 0.741. The molecule has 1 fully saturated rings. The van der Waals surface area contributed by atoms with Gasteiger partial charge in [-0.3, -0.25) is 0 Å². The standard InChI is InChI=1S/C16H24FN3O.HI/c1-3-18-15(20-12-16(2)8-5-9-21-16)19-11-13-6-4-7-14(17)10-13;/h4,6-7,10H,3,5,8-9,11-12H2,1-2H3,(H2,18,19,20);1H. The fourth-order valence-corrected chi connectivity index (χ4v) is 2.39. The highest BCUT2D eigenvalue weighted by Crippen LogP contribution is 2.23. The number of aliphatic imine (C=N–C) groups is 1. The molecular formula is C16H25FIN3O. The van der Waals surface area contributed by atoms with Crippen molar-refractivity contribution in [3.05, 3.63) is 35.6 Å². The summed E-state index contributed by atoms with van der Waals surface area (Å²) >= 11 is 0. The van der Waals surface area contributed by atoms with Crippen LogP contribution in [-0.2, 0) is 11.3 Å². The highest BCUT2D eigenvalue weighted by Gasteiger charge is 2.29. The minimum absolute atomic E-state index is 0. The molecular weight excluding hydrogens is 396 g/mol. The van der Waals surface area contributed by atoms with Gasteiger partial charge in [-0.1, -0.05) is 12.1 Å². The molecule has 1 atom stereocenters. The Hall–Kier alpha value is -0.890. The molecule has 1 aromatic carbocycles. The van der Waals surface area contributed by atoms with Crippen LogP contribution in [0.5, 0.6) is 0 Å². The first-order valence-corrected chi connectivity index (χ1v) is 7.52. The number of nitrogens with zero attached hydrogens (tertiary/aromatic N) is 1. The predicted molar refractivity (Wildman–Crippen MR) is 98.2 cm³/mol. The Bertz CT molecular complexity index is 490. The van der Waals surface area contributed by atoms with Gasteiger partial charge in [-0.2, -0.15) is 0 Å². The molecule has 0 aliphatic carbocycles. The van der Waals surface area contributed by atoms with Gasteiger partial charge in [0.05, 0.1) is 12.1 Å². The zero-order chi connectivity index (χ0) is 15.1. The lowest BCUT2D eigenvalue weighted by Crippen LogP contribution is -2.45. The Labute approximate surface area is 148 Å². The van der Waals surface area contributed by atoms with Crippen molar-refractivity contribution in [2.24, 2.45) is 4.99 Å². The van der Waals surface area contributed by atoms with E-state index in [-0.39, 0.29) is 35.4 Å². The van der Waals surface area contributed by atoms with E-state index >= 15 is 0 Å². The Balaban J connectivity index is 0.00000242. The average molecular weight is 421 g/mol. The number of hydrogen-bond donors (Lipinski definition) is 2. The van der Waals surface area contributed by atoms with Crippen molar-refractivity contribution in [1.82, 2.24) is 10.6 Å². The fraction of sp³-hybridized carbons (Fsp3) is 0.562. The lowest BCUT2D eigenvalue weighted by molar-refractivity contribution is 0.0243. The molecule has 22 heavy (non-hydrogen) atoms. The molecule has 0 saturated carbocycles. The van der Waals surface area contributed by atoms with E-state index < -0.39 is 0 Å². The van der Waals surface area contributed by atoms with Crippen LogP contribution in [0.4, 0.5) is 4.39 Å². The molecule has 0 radical (unpaired) electrons. The zero-order valence-electron chi connectivity index (χ0n) is 13.2. The number of nitrogens with one attached hydrogen (secondary N) is 2. The first-order chi connectivity index (χ1) is 10.1. The summed E-state index contributed by atoms with van der Waals surface area (Å²) in [5.74, 6) is 0.506. The monoisotopic (exact) mass is 421 g/mol. The summed E-state index contributed by atoms with van der Waals surface area (Å²) < 4.78 is 18.9. The van der Waals surface area contributed by atoms with E-state index in [0.29, 0.717) is 6.54 Å². The summed E-state index contributed by atoms with van der Waals surface area (Å²) in [6.45, 7) is 6.92. The first kappa shape index (κ1) is 19.2. The van der Waals surface area contributed by atoms with Gasteiger partial charge in [0, 0.05) is 19.7 Å². The topological polar surface area (TPSA) is 45.7 Å². The van der Waals surface area contributed by atoms with Crippen molar-refractivity contribution in [3.63, 3.8) is 0 Å². The molecule has 0 aromatic heterocycles. The van der Waals surface area contributed by atoms with Gasteiger partial charge in [0.15, 0.2) is 5.96 Å². The third-order valence-corrected chi connectivity index (χ3v) is 3.58. The quantitative estimate of drug-likeness (QED) is 0.437. The van der Waals surface area contributed by atoms with Crippen LogP contribution in [0.15, 0.2) is 29.3 Å². The van der Waals surface area contributed by atoms with Gasteiger partial charge in [0.2, 0.25) is 0 Å². The van der Waals surface area contributed by atoms with Gasteiger partial charge in [-0.05, 0) is 44.4 Å². The van der Waals surface area contributed by atoms with Crippen molar-refractivity contribution >= 4 is 29.9 Å². The van der Waals surface area contributed by atoms with Crippen LogP contribution < -0.4 is 10.6 Å². The van der Waals surface area contributed by atoms with E-state index in [1.165, 1.54) is 12.1 Å². The van der Waals surface area contributed by atoms with E-state index in [0.717, 1.165) is 44.1 Å². The Morgan fingerprint density at radius 1 is 1.41 bits per heavy atom. The Morgan fingerprint density at radius 2 is 2.23 bits per heavy atom. The van der Waals surface area contributed by atoms with E-state index in [1.54, 1.807) is 6.07 Å². The number of benzene rings is 1. The number of rotatable bonds is 5. The Kier molecular flexibility index (Phi) is 8.09. The van der Waals surface area contributed by atoms with Gasteiger partial charge in [-0.25, -0.2) is 9.38 Å². The fourth-order valence-electron chi connectivity index (χ4n) is 2.39. The van der Waals surface area contributed by atoms with Crippen molar-refractivity contribution in [3.8, 4) is 0 Å². The van der Waals surface area contributed by atoms with E-state index in [9.17, 15) is 4.39 Å². The molecule has 1 heterocycles. The molecule has 4 nitrogen and oxygen atoms in total. The maximum absolute atomic E-state index is 13.1. The first-order valence-electron chi connectivity index (χ1n) is 7.52. The van der Waals surface area contributed by atoms with E-state index in [4.69, 9.17) is 4.74 Å². The maximum Gasteiger partial charge on any atom is 0.191 e. The molecule has 0 spiro atoms. The van der Waals surface area contributed by atoms with Crippen LogP contribution in [0, 0.1) is 5.82 Å². The van der Waals surface area contributed by atoms with Crippen molar-refractivity contribution in [2.45, 2.75) is 38.8 Å². The molecule has 1 saturated heterocycles. The number of halogens is 2. The zero-order valence-corrected chi connectivity index (χ0v) is 15.5. The molecule has 1 aliphatic heterocycles. The van der Waals surface area contributed by atoms with Crippen LogP contribution in [0.25, 0.3) is 0 Å². The summed E-state index contributed by atoms with van der Waals surface area (Å²) in [6.07, 6.45) is 2.17. The van der Waals surface area contributed by atoms with Crippen molar-refractivity contribution < 1.29 is 9.13 Å². The second kappa shape index (κ2) is 9.29. The predicted octanol–water partition coefficient (Wildman–Crippen LogP) is 3.07. The van der Waals surface area contributed by atoms with Gasteiger partial charge < -0.3 is 15.4 Å². The second-order valence-corrected chi connectivity index (χ2v) is 5.58. The average Bonchev–Trinajstić information content (AvgIpc) is 2.89. The molecule has 0 amide bonds. The minimum atomic E-state index is -0.229. The lowest BCUT2D eigenvalue weighted by Gasteiger charge is -2.24. The SMILES string of the molecule is CCNC(=NCc1cccc(F)c1)NCC1(C)CCCO1.I. The van der Waals surface area contributed by atoms with Gasteiger partial charge in [0.25, 0.3) is 0 Å².